The van der Waals surface area contributed by atoms with E-state index in [9.17, 15) is 0 Å². The topological polar surface area (TPSA) is 65.7 Å². The minimum Gasteiger partial charge on any atom is -0.460 e. The second kappa shape index (κ2) is 1.70. The number of H-pyrrole nitrogens is 1. The van der Waals surface area contributed by atoms with Crippen LogP contribution in [0.2, 0.25) is 0 Å². The van der Waals surface area contributed by atoms with Crippen molar-refractivity contribution in [3.05, 3.63) is 18.2 Å². The molecule has 2 aromatic rings. The van der Waals surface area contributed by atoms with E-state index in [4.69, 9.17) is 9.83 Å². The first-order chi connectivity index (χ1) is 4.92. The van der Waals surface area contributed by atoms with Crippen LogP contribution in [0.5, 0.6) is 0 Å². The third-order valence-corrected chi connectivity index (χ3v) is 1.36. The van der Waals surface area contributed by atoms with E-state index < -0.39 is 0 Å². The number of nitrogens with one attached hydrogen (secondary N) is 2. The molecule has 0 saturated carbocycles. The summed E-state index contributed by atoms with van der Waals surface area (Å²) in [6.45, 7) is 0. The zero-order valence-electron chi connectivity index (χ0n) is 5.09. The molecule has 0 aliphatic rings. The van der Waals surface area contributed by atoms with E-state index in [-0.39, 0.29) is 0 Å². The monoisotopic (exact) mass is 135 g/mol. The zero-order valence-corrected chi connectivity index (χ0v) is 5.09. The summed E-state index contributed by atoms with van der Waals surface area (Å²) in [5.74, 6) is 0.521. The van der Waals surface area contributed by atoms with Gasteiger partial charge in [0, 0.05) is 0 Å². The van der Waals surface area contributed by atoms with Gasteiger partial charge in [-0.15, -0.1) is 0 Å². The van der Waals surface area contributed by atoms with Crippen LogP contribution >= 0.6 is 0 Å². The lowest BCUT2D eigenvalue weighted by atomic mass is 10.4. The first-order valence-corrected chi connectivity index (χ1v) is 2.83. The second-order valence-corrected chi connectivity index (χ2v) is 1.94. The molecule has 0 bridgehead atoms. The fourth-order valence-corrected chi connectivity index (χ4v) is 0.874. The Kier molecular flexibility index (Phi) is 0.887. The summed E-state index contributed by atoms with van der Waals surface area (Å²) in [5, 5.41) is 14.3. The van der Waals surface area contributed by atoms with Crippen molar-refractivity contribution < 1.29 is 4.42 Å². The summed E-state index contributed by atoms with van der Waals surface area (Å²) >= 11 is 0. The van der Waals surface area contributed by atoms with E-state index in [1.165, 1.54) is 0 Å². The Balaban J connectivity index is 2.88. The first kappa shape index (κ1) is 5.22. The minimum atomic E-state index is 0.521. The fraction of sp³-hybridized carbons (Fsp3) is 0. The van der Waals surface area contributed by atoms with Crippen molar-refractivity contribution in [2.45, 2.75) is 0 Å². The highest BCUT2D eigenvalue weighted by Crippen LogP contribution is 2.15. The van der Waals surface area contributed by atoms with Gasteiger partial charge in [-0.1, -0.05) is 0 Å². The highest BCUT2D eigenvalue weighted by molar-refractivity contribution is 5.93. The number of nitrogens with zero attached hydrogens (tertiary/aromatic N) is 1. The van der Waals surface area contributed by atoms with Crippen molar-refractivity contribution >= 4 is 17.1 Å². The Morgan fingerprint density at radius 1 is 1.70 bits per heavy atom. The van der Waals surface area contributed by atoms with Gasteiger partial charge in [0.1, 0.15) is 11.8 Å². The molecule has 0 aliphatic carbocycles. The Labute approximate surface area is 56.4 Å². The number of aromatic amines is 1. The number of aromatic nitrogens is 2. The first-order valence-electron chi connectivity index (χ1n) is 2.83. The zero-order chi connectivity index (χ0) is 6.97. The van der Waals surface area contributed by atoms with E-state index in [0.29, 0.717) is 5.76 Å². The third kappa shape index (κ3) is 0.500. The highest BCUT2D eigenvalue weighted by atomic mass is 16.3. The number of fused-ring (bicyclic) bond motifs is 1. The van der Waals surface area contributed by atoms with E-state index in [1.54, 1.807) is 12.5 Å². The van der Waals surface area contributed by atoms with E-state index in [1.807, 2.05) is 0 Å². The van der Waals surface area contributed by atoms with E-state index in [0.717, 1.165) is 17.1 Å². The number of furan rings is 1. The Morgan fingerprint density at radius 3 is 3.40 bits per heavy atom. The van der Waals surface area contributed by atoms with Gasteiger partial charge in [-0.2, -0.15) is 5.10 Å². The maximum absolute atomic E-state index is 6.91. The van der Waals surface area contributed by atoms with Gasteiger partial charge in [-0.05, 0) is 0 Å². The molecule has 2 rings (SSSR count). The molecule has 0 atom stereocenters. The van der Waals surface area contributed by atoms with Crippen LogP contribution < -0.4 is 0 Å². The fourth-order valence-electron chi connectivity index (χ4n) is 0.874. The molecular formula is C6H5N3O. The molecule has 4 heteroatoms. The van der Waals surface area contributed by atoms with Crippen LogP contribution in [0.3, 0.4) is 0 Å². The van der Waals surface area contributed by atoms with Crippen molar-refractivity contribution in [2.75, 3.05) is 0 Å². The molecule has 0 unspecified atom stereocenters. The molecule has 0 saturated heterocycles. The van der Waals surface area contributed by atoms with E-state index in [2.05, 4.69) is 10.2 Å². The van der Waals surface area contributed by atoms with Crippen molar-refractivity contribution in [2.24, 2.45) is 0 Å². The van der Waals surface area contributed by atoms with Gasteiger partial charge in [0.05, 0.1) is 17.8 Å². The van der Waals surface area contributed by atoms with E-state index >= 15 is 0 Å². The average Bonchev–Trinajstić information content (AvgIpc) is 2.44. The molecule has 0 spiro atoms. The highest BCUT2D eigenvalue weighted by Gasteiger charge is 2.03. The molecule has 2 N–H and O–H groups in total. The predicted octanol–water partition coefficient (Wildman–Crippen LogP) is 1.15. The smallest absolute Gasteiger partial charge is 0.169 e. The van der Waals surface area contributed by atoms with Gasteiger partial charge in [0.25, 0.3) is 0 Å². The molecule has 0 fully saturated rings. The Morgan fingerprint density at radius 2 is 2.60 bits per heavy atom. The Bertz CT molecular complexity index is 360. The Hall–Kier alpha value is -1.58. The summed E-state index contributed by atoms with van der Waals surface area (Å²) in [4.78, 5) is 0. The largest absolute Gasteiger partial charge is 0.460 e. The summed E-state index contributed by atoms with van der Waals surface area (Å²) in [6, 6.07) is 0. The van der Waals surface area contributed by atoms with Crippen LogP contribution in [0.4, 0.5) is 0 Å². The van der Waals surface area contributed by atoms with Crippen LogP contribution in [0.15, 0.2) is 16.9 Å². The predicted molar refractivity (Wildman–Crippen MR) is 36.2 cm³/mol. The third-order valence-electron chi connectivity index (χ3n) is 1.36. The number of hydrogen-bond acceptors (Lipinski definition) is 3. The number of rotatable bonds is 1. The lowest BCUT2D eigenvalue weighted by molar-refractivity contribution is 0.563. The van der Waals surface area contributed by atoms with Crippen molar-refractivity contribution in [3.63, 3.8) is 0 Å². The minimum absolute atomic E-state index is 0.521. The van der Waals surface area contributed by atoms with Crippen molar-refractivity contribution in [1.82, 2.24) is 10.2 Å². The standard InChI is InChI=1S/C6H5N3O/c7-1-5-6-4(3-10-5)2-8-9-6/h1-3,7,9H. The molecular weight excluding hydrogens is 130 g/mol. The molecule has 0 aliphatic heterocycles. The molecule has 0 amide bonds. The van der Waals surface area contributed by atoms with Crippen LogP contribution in [-0.2, 0) is 0 Å². The molecule has 2 heterocycles. The normalized spacial score (nSPS) is 10.4. The molecule has 10 heavy (non-hydrogen) atoms. The second-order valence-electron chi connectivity index (χ2n) is 1.94. The quantitative estimate of drug-likeness (QED) is 0.576. The van der Waals surface area contributed by atoms with Crippen molar-refractivity contribution in [1.29, 1.82) is 5.41 Å². The van der Waals surface area contributed by atoms with Crippen LogP contribution in [0.25, 0.3) is 10.9 Å². The van der Waals surface area contributed by atoms with Crippen molar-refractivity contribution in [3.8, 4) is 0 Å². The van der Waals surface area contributed by atoms with Crippen LogP contribution in [-0.4, -0.2) is 16.4 Å². The molecule has 0 aromatic carbocycles. The maximum atomic E-state index is 6.91. The van der Waals surface area contributed by atoms with Gasteiger partial charge in [-0.25, -0.2) is 0 Å². The lowest BCUT2D eigenvalue weighted by Crippen LogP contribution is -1.74. The number of hydrogen-bond donors (Lipinski definition) is 2. The average molecular weight is 135 g/mol. The molecule has 2 aromatic heterocycles. The van der Waals surface area contributed by atoms with Crippen LogP contribution in [0, 0.1) is 5.41 Å². The van der Waals surface area contributed by atoms with Gasteiger partial charge in [0.15, 0.2) is 5.76 Å². The SMILES string of the molecule is N=Cc1occ2cn[nH]c12. The van der Waals surface area contributed by atoms with Gasteiger partial charge in [-0.3, -0.25) is 5.10 Å². The summed E-state index contributed by atoms with van der Waals surface area (Å²) < 4.78 is 4.99. The summed E-state index contributed by atoms with van der Waals surface area (Å²) in [5.41, 5.74) is 0.787. The van der Waals surface area contributed by atoms with Gasteiger partial charge < -0.3 is 9.83 Å². The van der Waals surface area contributed by atoms with Gasteiger partial charge >= 0.3 is 0 Å². The summed E-state index contributed by atoms with van der Waals surface area (Å²) in [7, 11) is 0. The molecule has 0 radical (unpaired) electrons. The van der Waals surface area contributed by atoms with Crippen LogP contribution in [0.1, 0.15) is 5.76 Å². The maximum Gasteiger partial charge on any atom is 0.169 e. The van der Waals surface area contributed by atoms with Gasteiger partial charge in [0.2, 0.25) is 0 Å². The summed E-state index contributed by atoms with van der Waals surface area (Å²) in [6.07, 6.45) is 4.38. The lowest BCUT2D eigenvalue weighted by Gasteiger charge is -1.78. The molecule has 50 valence electrons. The molecule has 4 nitrogen and oxygen atoms in total.